The van der Waals surface area contributed by atoms with Gasteiger partial charge in [-0.2, -0.15) is 13.2 Å². The maximum atomic E-state index is 12.6. The van der Waals surface area contributed by atoms with Gasteiger partial charge in [0.15, 0.2) is 0 Å². The van der Waals surface area contributed by atoms with Crippen LogP contribution in [0.5, 0.6) is 0 Å². The average molecular weight is 328 g/mol. The molecular formula is C13H21BrF3N. The molecule has 0 radical (unpaired) electrons. The lowest BCUT2D eigenvalue weighted by Gasteiger charge is -2.38. The van der Waals surface area contributed by atoms with Gasteiger partial charge in [0.05, 0.1) is 5.92 Å². The van der Waals surface area contributed by atoms with Crippen LogP contribution in [0.25, 0.3) is 0 Å². The summed E-state index contributed by atoms with van der Waals surface area (Å²) in [5.74, 6) is -1.07. The molecule has 1 nitrogen and oxygen atoms in total. The summed E-state index contributed by atoms with van der Waals surface area (Å²) in [4.78, 5) is 2.24. The third-order valence-corrected chi connectivity index (χ3v) is 5.75. The fourth-order valence-electron chi connectivity index (χ4n) is 3.35. The zero-order valence-electron chi connectivity index (χ0n) is 10.6. The topological polar surface area (TPSA) is 3.24 Å². The van der Waals surface area contributed by atoms with Crippen LogP contribution in [0.3, 0.4) is 0 Å². The van der Waals surface area contributed by atoms with Crippen LogP contribution in [0.1, 0.15) is 38.5 Å². The smallest absolute Gasteiger partial charge is 0.303 e. The molecular weight excluding hydrogens is 307 g/mol. The maximum Gasteiger partial charge on any atom is 0.391 e. The van der Waals surface area contributed by atoms with E-state index in [1.807, 2.05) is 0 Å². The molecule has 0 amide bonds. The Bertz CT molecular complexity index is 266. The summed E-state index contributed by atoms with van der Waals surface area (Å²) in [7, 11) is 0. The molecule has 1 saturated carbocycles. The first-order valence-electron chi connectivity index (χ1n) is 6.80. The van der Waals surface area contributed by atoms with Crippen LogP contribution < -0.4 is 0 Å². The number of hydrogen-bond acceptors (Lipinski definition) is 1. The van der Waals surface area contributed by atoms with Gasteiger partial charge in [0.2, 0.25) is 0 Å². The van der Waals surface area contributed by atoms with Gasteiger partial charge in [-0.25, -0.2) is 0 Å². The summed E-state index contributed by atoms with van der Waals surface area (Å²) in [6.07, 6.45) is 1.54. The van der Waals surface area contributed by atoms with Crippen molar-refractivity contribution in [1.29, 1.82) is 0 Å². The van der Waals surface area contributed by atoms with Crippen LogP contribution in [0.4, 0.5) is 13.2 Å². The summed E-state index contributed by atoms with van der Waals surface area (Å²) in [6.45, 7) is 2.20. The van der Waals surface area contributed by atoms with E-state index in [9.17, 15) is 13.2 Å². The Morgan fingerprint density at radius 1 is 1.11 bits per heavy atom. The number of likely N-dealkylation sites (tertiary alicyclic amines) is 1. The number of piperidine rings is 1. The van der Waals surface area contributed by atoms with Crippen molar-refractivity contribution in [3.63, 3.8) is 0 Å². The molecule has 106 valence electrons. The van der Waals surface area contributed by atoms with E-state index in [0.717, 1.165) is 11.9 Å². The highest BCUT2D eigenvalue weighted by Crippen LogP contribution is 2.41. The Labute approximate surface area is 115 Å². The zero-order chi connectivity index (χ0) is 13.2. The lowest BCUT2D eigenvalue weighted by atomic mass is 9.86. The molecule has 1 aliphatic carbocycles. The Morgan fingerprint density at radius 3 is 2.11 bits per heavy atom. The molecule has 2 aliphatic rings. The number of hydrogen-bond donors (Lipinski definition) is 0. The third-order valence-electron chi connectivity index (χ3n) is 4.56. The van der Waals surface area contributed by atoms with E-state index in [2.05, 4.69) is 20.8 Å². The van der Waals surface area contributed by atoms with Crippen LogP contribution in [0, 0.1) is 11.3 Å². The lowest BCUT2D eigenvalue weighted by molar-refractivity contribution is -0.185. The first kappa shape index (κ1) is 14.6. The first-order valence-corrected chi connectivity index (χ1v) is 7.92. The average Bonchev–Trinajstić information content (AvgIpc) is 2.78. The van der Waals surface area contributed by atoms with E-state index in [1.54, 1.807) is 0 Å². The quantitative estimate of drug-likeness (QED) is 0.701. The van der Waals surface area contributed by atoms with Crippen molar-refractivity contribution in [2.45, 2.75) is 44.7 Å². The molecule has 5 heteroatoms. The first-order chi connectivity index (χ1) is 8.45. The predicted octanol–water partition coefficient (Wildman–Crippen LogP) is 4.22. The van der Waals surface area contributed by atoms with Gasteiger partial charge in [0.25, 0.3) is 0 Å². The summed E-state index contributed by atoms with van der Waals surface area (Å²) < 4.78 is 37.8. The van der Waals surface area contributed by atoms with Crippen LogP contribution in [0.15, 0.2) is 0 Å². The predicted molar refractivity (Wildman–Crippen MR) is 69.9 cm³/mol. The highest BCUT2D eigenvalue weighted by atomic mass is 79.9. The van der Waals surface area contributed by atoms with E-state index < -0.39 is 12.1 Å². The fraction of sp³-hybridized carbons (Fsp3) is 1.00. The van der Waals surface area contributed by atoms with Crippen molar-refractivity contribution in [2.24, 2.45) is 11.3 Å². The van der Waals surface area contributed by atoms with E-state index in [-0.39, 0.29) is 12.8 Å². The van der Waals surface area contributed by atoms with Gasteiger partial charge in [-0.3, -0.25) is 0 Å². The van der Waals surface area contributed by atoms with Crippen molar-refractivity contribution in [1.82, 2.24) is 4.90 Å². The minimum Gasteiger partial charge on any atom is -0.303 e. The largest absolute Gasteiger partial charge is 0.391 e. The van der Waals surface area contributed by atoms with Crippen LogP contribution in [0.2, 0.25) is 0 Å². The summed E-state index contributed by atoms with van der Waals surface area (Å²) in [5, 5.41) is 0.985. The second-order valence-electron chi connectivity index (χ2n) is 5.93. The molecule has 1 saturated heterocycles. The molecule has 0 N–H and O–H groups in total. The van der Waals surface area contributed by atoms with Gasteiger partial charge in [-0.15, -0.1) is 0 Å². The SMILES string of the molecule is FC(F)(F)C1CCN(CC2(CBr)CCCC2)CC1. The summed E-state index contributed by atoms with van der Waals surface area (Å²) in [6, 6.07) is 0. The van der Waals surface area contributed by atoms with Gasteiger partial charge in [-0.05, 0) is 44.2 Å². The second kappa shape index (κ2) is 5.70. The monoisotopic (exact) mass is 327 g/mol. The minimum absolute atomic E-state index is 0.280. The highest BCUT2D eigenvalue weighted by molar-refractivity contribution is 9.09. The van der Waals surface area contributed by atoms with Gasteiger partial charge < -0.3 is 4.90 Å². The molecule has 0 aromatic carbocycles. The Morgan fingerprint density at radius 2 is 1.67 bits per heavy atom. The van der Waals surface area contributed by atoms with E-state index in [1.165, 1.54) is 25.7 Å². The van der Waals surface area contributed by atoms with E-state index in [4.69, 9.17) is 0 Å². The van der Waals surface area contributed by atoms with Gasteiger partial charge >= 0.3 is 6.18 Å². The van der Waals surface area contributed by atoms with Gasteiger partial charge in [-0.1, -0.05) is 28.8 Å². The molecule has 1 aliphatic heterocycles. The second-order valence-corrected chi connectivity index (χ2v) is 6.49. The van der Waals surface area contributed by atoms with Crippen molar-refractivity contribution in [2.75, 3.05) is 25.0 Å². The fourth-order valence-corrected chi connectivity index (χ4v) is 4.09. The Balaban J connectivity index is 1.83. The molecule has 1 heterocycles. The van der Waals surface area contributed by atoms with Crippen molar-refractivity contribution in [3.8, 4) is 0 Å². The Kier molecular flexibility index (Phi) is 4.63. The van der Waals surface area contributed by atoms with Crippen molar-refractivity contribution < 1.29 is 13.2 Å². The Hall–Kier alpha value is 0.230. The zero-order valence-corrected chi connectivity index (χ0v) is 12.2. The summed E-state index contributed by atoms with van der Waals surface area (Å²) in [5.41, 5.74) is 0.324. The van der Waals surface area contributed by atoms with Crippen molar-refractivity contribution in [3.05, 3.63) is 0 Å². The molecule has 2 fully saturated rings. The van der Waals surface area contributed by atoms with Gasteiger partial charge in [0, 0.05) is 11.9 Å². The number of nitrogens with zero attached hydrogens (tertiary/aromatic N) is 1. The molecule has 2 rings (SSSR count). The molecule has 0 spiro atoms. The molecule has 0 bridgehead atoms. The highest BCUT2D eigenvalue weighted by Gasteiger charge is 2.42. The van der Waals surface area contributed by atoms with Crippen LogP contribution in [-0.2, 0) is 0 Å². The number of halogens is 4. The van der Waals surface area contributed by atoms with Gasteiger partial charge in [0.1, 0.15) is 0 Å². The van der Waals surface area contributed by atoms with Crippen LogP contribution in [-0.4, -0.2) is 36.0 Å². The van der Waals surface area contributed by atoms with E-state index >= 15 is 0 Å². The number of alkyl halides is 4. The molecule has 0 aromatic rings. The van der Waals surface area contributed by atoms with Crippen LogP contribution >= 0.6 is 15.9 Å². The third kappa shape index (κ3) is 3.41. The summed E-state index contributed by atoms with van der Waals surface area (Å²) >= 11 is 3.60. The lowest BCUT2D eigenvalue weighted by Crippen LogP contribution is -2.44. The minimum atomic E-state index is -3.99. The molecule has 0 aromatic heterocycles. The normalized spacial score (nSPS) is 26.7. The number of rotatable bonds is 3. The van der Waals surface area contributed by atoms with Crippen molar-refractivity contribution >= 4 is 15.9 Å². The molecule has 0 atom stereocenters. The maximum absolute atomic E-state index is 12.6. The van der Waals surface area contributed by atoms with E-state index in [0.29, 0.717) is 18.5 Å². The molecule has 18 heavy (non-hydrogen) atoms. The molecule has 0 unspecified atom stereocenters. The standard InChI is InChI=1S/C13H21BrF3N/c14-9-12(5-1-2-6-12)10-18-7-3-11(4-8-18)13(15,16)17/h11H,1-10H2.